The Morgan fingerprint density at radius 2 is 1.96 bits per heavy atom. The summed E-state index contributed by atoms with van der Waals surface area (Å²) in [4.78, 5) is 13.7. The Morgan fingerprint density at radius 3 is 2.57 bits per heavy atom. The minimum atomic E-state index is -4.44. The van der Waals surface area contributed by atoms with Crippen LogP contribution >= 0.6 is 11.6 Å². The van der Waals surface area contributed by atoms with Gasteiger partial charge in [-0.15, -0.1) is 0 Å². The zero-order valence-electron chi connectivity index (χ0n) is 12.5. The topological polar surface area (TPSA) is 41.6 Å². The molecular formula is C15H18ClF3N2O2. The van der Waals surface area contributed by atoms with Gasteiger partial charge in [0.1, 0.15) is 13.2 Å². The van der Waals surface area contributed by atoms with Crippen LogP contribution in [0.4, 0.5) is 24.5 Å². The number of carbonyl (C=O) groups is 1. The second-order valence-corrected chi connectivity index (χ2v) is 5.78. The Bertz CT molecular complexity index is 546. The van der Waals surface area contributed by atoms with E-state index in [9.17, 15) is 18.0 Å². The fourth-order valence-corrected chi connectivity index (χ4v) is 2.73. The van der Waals surface area contributed by atoms with Crippen molar-refractivity contribution < 1.29 is 22.7 Å². The molecule has 0 atom stereocenters. The lowest BCUT2D eigenvalue weighted by atomic mass is 10.1. The van der Waals surface area contributed by atoms with Crippen molar-refractivity contribution in [1.82, 2.24) is 0 Å². The molecule has 8 heteroatoms. The second kappa shape index (κ2) is 7.88. The van der Waals surface area contributed by atoms with Crippen molar-refractivity contribution in [3.63, 3.8) is 0 Å². The molecule has 0 radical (unpaired) electrons. The third kappa shape index (κ3) is 5.91. The van der Waals surface area contributed by atoms with Gasteiger partial charge in [-0.25, -0.2) is 0 Å². The highest BCUT2D eigenvalue weighted by molar-refractivity contribution is 6.33. The van der Waals surface area contributed by atoms with Crippen molar-refractivity contribution in [1.29, 1.82) is 0 Å². The van der Waals surface area contributed by atoms with Gasteiger partial charge in [-0.3, -0.25) is 4.79 Å². The maximum Gasteiger partial charge on any atom is 0.411 e. The Hall–Kier alpha value is -1.47. The summed E-state index contributed by atoms with van der Waals surface area (Å²) in [6.45, 7) is -0.229. The molecule has 1 aromatic carbocycles. The number of benzene rings is 1. The van der Waals surface area contributed by atoms with Gasteiger partial charge in [-0.1, -0.05) is 11.6 Å². The molecule has 1 fully saturated rings. The first kappa shape index (κ1) is 17.9. The highest BCUT2D eigenvalue weighted by Crippen LogP contribution is 2.30. The summed E-state index contributed by atoms with van der Waals surface area (Å²) >= 11 is 6.24. The molecule has 1 amide bonds. The predicted molar refractivity (Wildman–Crippen MR) is 83.0 cm³/mol. The first-order chi connectivity index (χ1) is 10.8. The average Bonchev–Trinajstić information content (AvgIpc) is 2.47. The van der Waals surface area contributed by atoms with Gasteiger partial charge >= 0.3 is 6.18 Å². The minimum Gasteiger partial charge on any atom is -0.370 e. The standard InChI is InChI=1S/C15H18ClF3N2O2/c16-12-8-11(20-14(22)9-23-10-15(17,18)19)4-5-13(12)21-6-2-1-3-7-21/h4-5,8H,1-3,6-7,9-10H2,(H,20,22). The maximum absolute atomic E-state index is 11.9. The Kier molecular flexibility index (Phi) is 6.12. The molecule has 0 aliphatic carbocycles. The molecule has 1 aliphatic heterocycles. The predicted octanol–water partition coefficient (Wildman–Crippen LogP) is 3.85. The Balaban J connectivity index is 1.88. The van der Waals surface area contributed by atoms with Gasteiger partial charge in [0, 0.05) is 18.8 Å². The van der Waals surface area contributed by atoms with Crippen LogP contribution in [0.3, 0.4) is 0 Å². The van der Waals surface area contributed by atoms with Gasteiger partial charge in [-0.05, 0) is 37.5 Å². The lowest BCUT2D eigenvalue weighted by Gasteiger charge is -2.29. The minimum absolute atomic E-state index is 0.427. The number of alkyl halides is 3. The fourth-order valence-electron chi connectivity index (χ4n) is 2.43. The molecule has 4 nitrogen and oxygen atoms in total. The maximum atomic E-state index is 11.9. The van der Waals surface area contributed by atoms with Gasteiger partial charge in [0.05, 0.1) is 10.7 Å². The van der Waals surface area contributed by atoms with Crippen molar-refractivity contribution >= 4 is 28.9 Å². The lowest BCUT2D eigenvalue weighted by molar-refractivity contribution is -0.174. The highest BCUT2D eigenvalue weighted by Gasteiger charge is 2.27. The van der Waals surface area contributed by atoms with Crippen molar-refractivity contribution in [3.8, 4) is 0 Å². The van der Waals surface area contributed by atoms with Gasteiger partial charge in [0.2, 0.25) is 5.91 Å². The van der Waals surface area contributed by atoms with Crippen molar-refractivity contribution in [2.75, 3.05) is 36.5 Å². The van der Waals surface area contributed by atoms with E-state index in [1.807, 2.05) is 0 Å². The van der Waals surface area contributed by atoms with Gasteiger partial charge in [0.15, 0.2) is 0 Å². The number of carbonyl (C=O) groups excluding carboxylic acids is 1. The van der Waals surface area contributed by atoms with Crippen LogP contribution in [0.5, 0.6) is 0 Å². The van der Waals surface area contributed by atoms with Crippen LogP contribution in [-0.4, -0.2) is 38.4 Å². The monoisotopic (exact) mass is 350 g/mol. The number of rotatable bonds is 5. The number of hydrogen-bond donors (Lipinski definition) is 1. The summed E-state index contributed by atoms with van der Waals surface area (Å²) in [6.07, 6.45) is -1.00. The normalized spacial score (nSPS) is 15.6. The van der Waals surface area contributed by atoms with Crippen LogP contribution in [0, 0.1) is 0 Å². The number of hydrogen-bond acceptors (Lipinski definition) is 3. The molecule has 128 valence electrons. The van der Waals surface area contributed by atoms with Gasteiger partial charge in [-0.2, -0.15) is 13.2 Å². The third-order valence-corrected chi connectivity index (χ3v) is 3.73. The van der Waals surface area contributed by atoms with E-state index >= 15 is 0 Å². The molecule has 0 saturated carbocycles. The number of nitrogens with one attached hydrogen (secondary N) is 1. The van der Waals surface area contributed by atoms with E-state index in [1.54, 1.807) is 18.2 Å². The number of nitrogens with zero attached hydrogens (tertiary/aromatic N) is 1. The Morgan fingerprint density at radius 1 is 1.26 bits per heavy atom. The summed E-state index contributed by atoms with van der Waals surface area (Å²) in [5.41, 5.74) is 1.33. The summed E-state index contributed by atoms with van der Waals surface area (Å²) in [5.74, 6) is -0.656. The van der Waals surface area contributed by atoms with Crippen LogP contribution in [-0.2, 0) is 9.53 Å². The van der Waals surface area contributed by atoms with E-state index in [0.29, 0.717) is 10.7 Å². The number of halogens is 4. The third-order valence-electron chi connectivity index (χ3n) is 3.43. The number of anilines is 2. The molecule has 0 unspecified atom stereocenters. The van der Waals surface area contributed by atoms with E-state index in [2.05, 4.69) is 15.0 Å². The molecule has 23 heavy (non-hydrogen) atoms. The summed E-state index contributed by atoms with van der Waals surface area (Å²) in [7, 11) is 0. The van der Waals surface area contributed by atoms with Crippen molar-refractivity contribution in [2.24, 2.45) is 0 Å². The number of ether oxygens (including phenoxy) is 1. The summed E-state index contributed by atoms with van der Waals surface area (Å²) in [5, 5.41) is 2.97. The first-order valence-corrected chi connectivity index (χ1v) is 7.72. The van der Waals surface area contributed by atoms with Gasteiger partial charge in [0.25, 0.3) is 0 Å². The summed E-state index contributed by atoms with van der Waals surface area (Å²) < 4.78 is 40.1. The van der Waals surface area contributed by atoms with E-state index in [1.165, 1.54) is 6.42 Å². The van der Waals surface area contributed by atoms with Gasteiger partial charge < -0.3 is 15.0 Å². The Labute approximate surface area is 137 Å². The fraction of sp³-hybridized carbons (Fsp3) is 0.533. The molecular weight excluding hydrogens is 333 g/mol. The number of piperidine rings is 1. The molecule has 1 heterocycles. The van der Waals surface area contributed by atoms with Crippen LogP contribution < -0.4 is 10.2 Å². The number of amides is 1. The molecule has 0 spiro atoms. The van der Waals surface area contributed by atoms with Crippen LogP contribution in [0.15, 0.2) is 18.2 Å². The molecule has 0 bridgehead atoms. The quantitative estimate of drug-likeness (QED) is 0.877. The van der Waals surface area contributed by atoms with Crippen molar-refractivity contribution in [2.45, 2.75) is 25.4 Å². The lowest BCUT2D eigenvalue weighted by Crippen LogP contribution is -2.29. The van der Waals surface area contributed by atoms with E-state index in [-0.39, 0.29) is 0 Å². The van der Waals surface area contributed by atoms with E-state index in [4.69, 9.17) is 11.6 Å². The highest BCUT2D eigenvalue weighted by atomic mass is 35.5. The SMILES string of the molecule is O=C(COCC(F)(F)F)Nc1ccc(N2CCCCC2)c(Cl)c1. The average molecular weight is 351 g/mol. The smallest absolute Gasteiger partial charge is 0.370 e. The molecule has 1 N–H and O–H groups in total. The molecule has 1 saturated heterocycles. The van der Waals surface area contributed by atoms with Crippen LogP contribution in [0.1, 0.15) is 19.3 Å². The molecule has 1 aromatic rings. The largest absolute Gasteiger partial charge is 0.411 e. The second-order valence-electron chi connectivity index (χ2n) is 5.37. The van der Waals surface area contributed by atoms with E-state index in [0.717, 1.165) is 31.6 Å². The molecule has 1 aliphatic rings. The summed E-state index contributed by atoms with van der Waals surface area (Å²) in [6, 6.07) is 5.07. The zero-order valence-corrected chi connectivity index (χ0v) is 13.2. The molecule has 2 rings (SSSR count). The van der Waals surface area contributed by atoms with E-state index < -0.39 is 25.3 Å². The van der Waals surface area contributed by atoms with Crippen LogP contribution in [0.25, 0.3) is 0 Å². The molecule has 0 aromatic heterocycles. The van der Waals surface area contributed by atoms with Crippen LogP contribution in [0.2, 0.25) is 5.02 Å². The zero-order chi connectivity index (χ0) is 16.9. The first-order valence-electron chi connectivity index (χ1n) is 7.34. The van der Waals surface area contributed by atoms with Crippen molar-refractivity contribution in [3.05, 3.63) is 23.2 Å².